The molecule has 1 heterocycles. The maximum absolute atomic E-state index is 12.4. The van der Waals surface area contributed by atoms with Crippen LogP contribution in [0, 0.1) is 15.0 Å². The fourth-order valence-corrected chi connectivity index (χ4v) is 1.59. The molecular weight excluding hydrogens is 303 g/mol. The van der Waals surface area contributed by atoms with Gasteiger partial charge in [0.2, 0.25) is 0 Å². The summed E-state index contributed by atoms with van der Waals surface area (Å²) in [6.07, 6.45) is -2.59. The average molecular weight is 309 g/mol. The molecule has 0 atom stereocenters. The number of hydrogen-bond acceptors (Lipinski definition) is 3. The van der Waals surface area contributed by atoms with Crippen LogP contribution in [0.3, 0.4) is 0 Å². The second kappa shape index (κ2) is 4.50. The van der Waals surface area contributed by atoms with Gasteiger partial charge < -0.3 is 5.73 Å². The monoisotopic (exact) mass is 309 g/mol. The van der Waals surface area contributed by atoms with E-state index in [9.17, 15) is 8.78 Å². The quantitative estimate of drug-likeness (QED) is 0.673. The fraction of sp³-hybridized carbons (Fsp3) is 0.250. The first-order valence-corrected chi connectivity index (χ1v) is 4.74. The minimum atomic E-state index is -2.59. The summed E-state index contributed by atoms with van der Waals surface area (Å²) in [5.41, 5.74) is 5.64. The molecule has 0 radical (unpaired) electrons. The Morgan fingerprint density at radius 1 is 1.64 bits per heavy atom. The zero-order chi connectivity index (χ0) is 10.7. The first kappa shape index (κ1) is 11.1. The van der Waals surface area contributed by atoms with Crippen LogP contribution in [0.5, 0.6) is 0 Å². The predicted octanol–water partition coefficient (Wildman–Crippen LogP) is 2.27. The Balaban J connectivity index is 3.21. The highest BCUT2D eigenvalue weighted by Gasteiger charge is 2.15. The van der Waals surface area contributed by atoms with Crippen molar-refractivity contribution in [2.45, 2.75) is 12.8 Å². The van der Waals surface area contributed by atoms with E-state index in [1.165, 1.54) is 6.07 Å². The molecule has 2 N–H and O–H groups in total. The highest BCUT2D eigenvalue weighted by atomic mass is 127. The van der Waals surface area contributed by atoms with Crippen molar-refractivity contribution in [3.05, 3.63) is 20.9 Å². The molecule has 0 saturated carbocycles. The zero-order valence-corrected chi connectivity index (χ0v) is 9.12. The first-order valence-electron chi connectivity index (χ1n) is 3.66. The van der Waals surface area contributed by atoms with E-state index >= 15 is 0 Å². The van der Waals surface area contributed by atoms with E-state index < -0.39 is 6.43 Å². The first-order chi connectivity index (χ1) is 6.56. The van der Waals surface area contributed by atoms with Crippen LogP contribution in [0.2, 0.25) is 0 Å². The minimum Gasteiger partial charge on any atom is -0.383 e. The largest absolute Gasteiger partial charge is 0.383 e. The standard InChI is InChI=1S/C8H6F2IN3/c9-6(10)5-3-4(1-2-12)8(13)14-7(5)11/h3,6H,1H2,(H2,13,14). The fourth-order valence-electron chi connectivity index (χ4n) is 0.943. The van der Waals surface area contributed by atoms with Crippen LogP contribution in [0.15, 0.2) is 6.07 Å². The minimum absolute atomic E-state index is 0.00449. The Morgan fingerprint density at radius 3 is 2.79 bits per heavy atom. The number of nitrogens with zero attached hydrogens (tertiary/aromatic N) is 2. The van der Waals surface area contributed by atoms with Gasteiger partial charge in [0.1, 0.15) is 9.52 Å². The summed E-state index contributed by atoms with van der Waals surface area (Å²) in [6.45, 7) is 0. The van der Waals surface area contributed by atoms with Gasteiger partial charge >= 0.3 is 0 Å². The number of alkyl halides is 2. The molecule has 1 aromatic heterocycles. The number of anilines is 1. The van der Waals surface area contributed by atoms with Crippen LogP contribution in [0.4, 0.5) is 14.6 Å². The van der Waals surface area contributed by atoms with E-state index in [4.69, 9.17) is 11.0 Å². The zero-order valence-electron chi connectivity index (χ0n) is 6.97. The van der Waals surface area contributed by atoms with Gasteiger partial charge in [0, 0.05) is 5.56 Å². The molecule has 0 aliphatic carbocycles. The molecule has 14 heavy (non-hydrogen) atoms. The Bertz CT molecular complexity index is 387. The molecule has 0 aliphatic rings. The van der Waals surface area contributed by atoms with E-state index in [0.717, 1.165) is 0 Å². The number of aromatic nitrogens is 1. The number of nitriles is 1. The van der Waals surface area contributed by atoms with Crippen molar-refractivity contribution in [3.8, 4) is 6.07 Å². The summed E-state index contributed by atoms with van der Waals surface area (Å²) in [4.78, 5) is 3.75. The smallest absolute Gasteiger partial charge is 0.266 e. The third-order valence-corrected chi connectivity index (χ3v) is 2.48. The van der Waals surface area contributed by atoms with Gasteiger partial charge in [0.05, 0.1) is 18.1 Å². The molecule has 74 valence electrons. The van der Waals surface area contributed by atoms with E-state index in [0.29, 0.717) is 5.56 Å². The lowest BCUT2D eigenvalue weighted by atomic mass is 10.1. The van der Waals surface area contributed by atoms with Gasteiger partial charge in [0.25, 0.3) is 6.43 Å². The van der Waals surface area contributed by atoms with E-state index in [-0.39, 0.29) is 21.5 Å². The molecule has 0 unspecified atom stereocenters. The van der Waals surface area contributed by atoms with Crippen molar-refractivity contribution >= 4 is 28.4 Å². The maximum Gasteiger partial charge on any atom is 0.266 e. The van der Waals surface area contributed by atoms with E-state index in [2.05, 4.69) is 4.98 Å². The van der Waals surface area contributed by atoms with Gasteiger partial charge in [0.15, 0.2) is 0 Å². The van der Waals surface area contributed by atoms with Gasteiger partial charge in [-0.3, -0.25) is 0 Å². The number of nitrogen functional groups attached to an aromatic ring is 1. The second-order valence-corrected chi connectivity index (χ2v) is 3.57. The third-order valence-electron chi connectivity index (χ3n) is 1.62. The normalized spacial score (nSPS) is 10.2. The Hall–Kier alpha value is -0.970. The van der Waals surface area contributed by atoms with Crippen molar-refractivity contribution in [1.82, 2.24) is 4.98 Å². The second-order valence-electron chi connectivity index (χ2n) is 2.55. The molecule has 0 amide bonds. The Morgan fingerprint density at radius 2 is 2.29 bits per heavy atom. The summed E-state index contributed by atoms with van der Waals surface area (Å²) >= 11 is 1.69. The lowest BCUT2D eigenvalue weighted by Crippen LogP contribution is -2.03. The molecule has 0 spiro atoms. The molecule has 3 nitrogen and oxygen atoms in total. The van der Waals surface area contributed by atoms with Gasteiger partial charge in [-0.25, -0.2) is 13.8 Å². The highest BCUT2D eigenvalue weighted by Crippen LogP contribution is 2.26. The molecule has 0 saturated heterocycles. The van der Waals surface area contributed by atoms with E-state index in [1.54, 1.807) is 22.6 Å². The number of nitrogens with two attached hydrogens (primary N) is 1. The Kier molecular flexibility index (Phi) is 3.57. The molecular formula is C8H6F2IN3. The molecule has 1 aromatic rings. The van der Waals surface area contributed by atoms with Gasteiger partial charge in [-0.1, -0.05) is 0 Å². The Labute approximate surface area is 93.1 Å². The lowest BCUT2D eigenvalue weighted by molar-refractivity contribution is 0.150. The van der Waals surface area contributed by atoms with Crippen LogP contribution in [-0.4, -0.2) is 4.98 Å². The predicted molar refractivity (Wildman–Crippen MR) is 55.6 cm³/mol. The van der Waals surface area contributed by atoms with Crippen LogP contribution < -0.4 is 5.73 Å². The molecule has 0 fully saturated rings. The summed E-state index contributed by atoms with van der Waals surface area (Å²) in [5.74, 6) is 0.139. The number of pyridine rings is 1. The number of hydrogen-bond donors (Lipinski definition) is 1. The SMILES string of the molecule is N#CCc1cc(C(F)F)c(I)nc1N. The summed E-state index contributed by atoms with van der Waals surface area (Å²) in [5, 5.41) is 8.42. The highest BCUT2D eigenvalue weighted by molar-refractivity contribution is 14.1. The molecule has 0 aliphatic heterocycles. The molecule has 0 bridgehead atoms. The van der Waals surface area contributed by atoms with Gasteiger partial charge in [-0.15, -0.1) is 0 Å². The summed E-state index contributed by atoms with van der Waals surface area (Å²) in [6, 6.07) is 3.08. The third kappa shape index (κ3) is 2.29. The van der Waals surface area contributed by atoms with Gasteiger partial charge in [-0.2, -0.15) is 5.26 Å². The lowest BCUT2D eigenvalue weighted by Gasteiger charge is -2.06. The van der Waals surface area contributed by atoms with Crippen molar-refractivity contribution in [3.63, 3.8) is 0 Å². The molecule has 6 heteroatoms. The van der Waals surface area contributed by atoms with Gasteiger partial charge in [-0.05, 0) is 28.7 Å². The number of rotatable bonds is 2. The van der Waals surface area contributed by atoms with Crippen LogP contribution in [-0.2, 0) is 6.42 Å². The maximum atomic E-state index is 12.4. The molecule has 1 rings (SSSR count). The topological polar surface area (TPSA) is 62.7 Å². The van der Waals surface area contributed by atoms with E-state index in [1.807, 2.05) is 6.07 Å². The summed E-state index contributed by atoms with van der Waals surface area (Å²) < 4.78 is 25.0. The van der Waals surface area contributed by atoms with Crippen molar-refractivity contribution in [2.75, 3.05) is 5.73 Å². The number of halogens is 3. The van der Waals surface area contributed by atoms with Crippen molar-refractivity contribution < 1.29 is 8.78 Å². The molecule has 0 aromatic carbocycles. The van der Waals surface area contributed by atoms with Crippen LogP contribution in [0.25, 0.3) is 0 Å². The van der Waals surface area contributed by atoms with Crippen LogP contribution >= 0.6 is 22.6 Å². The summed E-state index contributed by atoms with van der Waals surface area (Å²) in [7, 11) is 0. The van der Waals surface area contributed by atoms with Crippen LogP contribution in [0.1, 0.15) is 17.6 Å². The average Bonchev–Trinajstić information content (AvgIpc) is 2.09. The van der Waals surface area contributed by atoms with Crippen molar-refractivity contribution in [1.29, 1.82) is 5.26 Å². The van der Waals surface area contributed by atoms with Crippen molar-refractivity contribution in [2.24, 2.45) is 0 Å².